The molecule has 0 aromatic heterocycles. The average Bonchev–Trinajstić information content (AvgIpc) is 3.05. The number of hydrogen-bond donors (Lipinski definition) is 4. The summed E-state index contributed by atoms with van der Waals surface area (Å²) in [5.74, 6) is -10.0. The molecule has 1 aliphatic rings. The SMILES string of the molecule is C=C(C(=O)OC1CC(C(O)(C(F)(F)F)C(F)(F)F)CC(C(O)(C(F)(F)F)C(F)(F)F)C1)C(F)(F)F.C=Cc1cc(C(O)(C(F)(F)F)C(F)(F)F)cc(C(O)(C(F)(F)F)C(F)(F)F)c1. The van der Waals surface area contributed by atoms with E-state index in [2.05, 4.69) is 17.9 Å². The van der Waals surface area contributed by atoms with Crippen LogP contribution < -0.4 is 0 Å². The van der Waals surface area contributed by atoms with E-state index in [-0.39, 0.29) is 12.1 Å². The molecule has 0 spiro atoms. The Labute approximate surface area is 330 Å². The molecular weight excluding hydrogens is 969 g/mol. The fourth-order valence-corrected chi connectivity index (χ4v) is 5.79. The Hall–Kier alpha value is -3.88. The summed E-state index contributed by atoms with van der Waals surface area (Å²) >= 11 is 0. The summed E-state index contributed by atoms with van der Waals surface area (Å²) < 4.78 is 355. The van der Waals surface area contributed by atoms with Crippen molar-refractivity contribution in [2.24, 2.45) is 11.8 Å². The zero-order chi connectivity index (χ0) is 50.8. The van der Waals surface area contributed by atoms with Crippen LogP contribution in [-0.4, -0.2) is 99.3 Å². The van der Waals surface area contributed by atoms with Crippen LogP contribution >= 0.6 is 0 Å². The molecule has 1 aliphatic carbocycles. The van der Waals surface area contributed by atoms with Gasteiger partial charge in [0.25, 0.3) is 22.4 Å². The Bertz CT molecular complexity index is 1640. The highest BCUT2D eigenvalue weighted by atomic mass is 19.5. The van der Waals surface area contributed by atoms with E-state index in [1.165, 1.54) is 0 Å². The van der Waals surface area contributed by atoms with Gasteiger partial charge < -0.3 is 25.2 Å². The van der Waals surface area contributed by atoms with Gasteiger partial charge in [-0.15, -0.1) is 0 Å². The van der Waals surface area contributed by atoms with Gasteiger partial charge in [-0.2, -0.15) is 119 Å². The van der Waals surface area contributed by atoms with Crippen LogP contribution in [0.3, 0.4) is 0 Å². The molecule has 0 radical (unpaired) electrons. The van der Waals surface area contributed by atoms with Gasteiger partial charge in [-0.05, 0) is 43.0 Å². The average molecular weight is 990 g/mol. The molecule has 0 aliphatic heterocycles. The van der Waals surface area contributed by atoms with Crippen LogP contribution in [0.4, 0.5) is 119 Å². The third-order valence-corrected chi connectivity index (χ3v) is 9.10. The molecule has 1 fully saturated rings. The van der Waals surface area contributed by atoms with Crippen LogP contribution in [0.25, 0.3) is 6.08 Å². The van der Waals surface area contributed by atoms with E-state index in [9.17, 15) is 144 Å². The third kappa shape index (κ3) is 10.5. The zero-order valence-electron chi connectivity index (χ0n) is 29.4. The van der Waals surface area contributed by atoms with E-state index >= 15 is 0 Å². The minimum atomic E-state index is -6.78. The van der Waals surface area contributed by atoms with E-state index < -0.39 is 149 Å². The number of hydrogen-bond acceptors (Lipinski definition) is 6. The fourth-order valence-electron chi connectivity index (χ4n) is 5.79. The molecule has 1 aromatic carbocycles. The monoisotopic (exact) mass is 990 g/mol. The maximum atomic E-state index is 13.2. The Balaban J connectivity index is 0.000000646. The maximum Gasteiger partial charge on any atom is 0.430 e. The van der Waals surface area contributed by atoms with Crippen molar-refractivity contribution in [3.05, 3.63) is 53.6 Å². The number of aliphatic hydroxyl groups is 4. The van der Waals surface area contributed by atoms with Gasteiger partial charge in [0.1, 0.15) is 11.7 Å². The maximum absolute atomic E-state index is 13.2. The highest BCUT2D eigenvalue weighted by Gasteiger charge is 2.79. The molecule has 0 heterocycles. The van der Waals surface area contributed by atoms with Crippen LogP contribution in [0.5, 0.6) is 0 Å². The van der Waals surface area contributed by atoms with Crippen LogP contribution in [0.15, 0.2) is 36.9 Å². The predicted molar refractivity (Wildman–Crippen MR) is 149 cm³/mol. The van der Waals surface area contributed by atoms with Crippen LogP contribution in [-0.2, 0) is 20.7 Å². The lowest BCUT2D eigenvalue weighted by Crippen LogP contribution is -2.67. The normalized spacial score (nSPS) is 19.8. The molecule has 6 nitrogen and oxygen atoms in total. The standard InChI is InChI=1S/C16H13F15O4.C14H8F12O2/c1-5(12(17,18)19)9(32)35-8-3-6(10(33,13(20,21)22)14(23,24)25)2-7(4-8)11(34,15(26,27)28)16(29,30)31;1-2-6-3-7(9(27,11(15,16)17)12(18,19)20)5-8(4-6)10(28,13(21,22)23)14(24,25)26/h6-8,33-34H,1-4H2;2-5,27-28H,1H2. The van der Waals surface area contributed by atoms with Crippen LogP contribution in [0.2, 0.25) is 0 Å². The number of rotatable bonds is 7. The molecule has 33 heteroatoms. The molecule has 2 unspecified atom stereocenters. The summed E-state index contributed by atoms with van der Waals surface area (Å²) in [5, 5.41) is 37.4. The molecule has 4 N–H and O–H groups in total. The second kappa shape index (κ2) is 16.8. The quantitative estimate of drug-likeness (QED) is 0.123. The lowest BCUT2D eigenvalue weighted by atomic mass is 9.65. The molecule has 63 heavy (non-hydrogen) atoms. The van der Waals surface area contributed by atoms with E-state index in [1.807, 2.05) is 0 Å². The Morgan fingerprint density at radius 1 is 0.492 bits per heavy atom. The second-order valence-electron chi connectivity index (χ2n) is 13.1. The first-order chi connectivity index (χ1) is 27.3. The second-order valence-corrected chi connectivity index (χ2v) is 13.1. The van der Waals surface area contributed by atoms with E-state index in [0.717, 1.165) is 0 Å². The molecule has 0 amide bonds. The Morgan fingerprint density at radius 2 is 0.762 bits per heavy atom. The highest BCUT2D eigenvalue weighted by Crippen LogP contribution is 2.59. The van der Waals surface area contributed by atoms with Crippen LogP contribution in [0.1, 0.15) is 36.0 Å². The number of benzene rings is 1. The predicted octanol–water partition coefficient (Wildman–Crippen LogP) is 10.1. The molecule has 2 atom stereocenters. The number of ether oxygens (including phenoxy) is 1. The number of carbonyl (C=O) groups excluding carboxylic acids is 1. The first-order valence-electron chi connectivity index (χ1n) is 15.5. The molecule has 0 saturated heterocycles. The molecule has 1 aromatic rings. The highest BCUT2D eigenvalue weighted by molar-refractivity contribution is 5.89. The van der Waals surface area contributed by atoms with Crippen molar-refractivity contribution in [3.63, 3.8) is 0 Å². The zero-order valence-corrected chi connectivity index (χ0v) is 29.4. The molecule has 366 valence electrons. The molecule has 1 saturated carbocycles. The van der Waals surface area contributed by atoms with Gasteiger partial charge in [-0.3, -0.25) is 0 Å². The van der Waals surface area contributed by atoms with Crippen molar-refractivity contribution in [2.75, 3.05) is 0 Å². The molecule has 0 bridgehead atoms. The summed E-state index contributed by atoms with van der Waals surface area (Å²) in [6.45, 7) is 5.00. The van der Waals surface area contributed by atoms with Gasteiger partial charge in [0.2, 0.25) is 0 Å². The van der Waals surface area contributed by atoms with Gasteiger partial charge in [-0.25, -0.2) is 4.79 Å². The van der Waals surface area contributed by atoms with Crippen molar-refractivity contribution >= 4 is 12.0 Å². The van der Waals surface area contributed by atoms with Gasteiger partial charge in [0.15, 0.2) is 0 Å². The first kappa shape index (κ1) is 57.1. The topological polar surface area (TPSA) is 107 Å². The van der Waals surface area contributed by atoms with Crippen molar-refractivity contribution in [2.45, 2.75) is 103 Å². The Morgan fingerprint density at radius 3 is 0.968 bits per heavy atom. The van der Waals surface area contributed by atoms with Gasteiger partial charge in [0, 0.05) is 23.0 Å². The smallest absolute Gasteiger partial charge is 0.430 e. The number of esters is 1. The van der Waals surface area contributed by atoms with Crippen molar-refractivity contribution in [1.82, 2.24) is 0 Å². The van der Waals surface area contributed by atoms with Crippen LogP contribution in [0, 0.1) is 11.8 Å². The number of alkyl halides is 27. The van der Waals surface area contributed by atoms with Gasteiger partial charge in [-0.1, -0.05) is 19.2 Å². The summed E-state index contributed by atoms with van der Waals surface area (Å²) in [6, 6.07) is -1.19. The minimum absolute atomic E-state index is 0.162. The summed E-state index contributed by atoms with van der Waals surface area (Å²) in [7, 11) is 0. The minimum Gasteiger partial charge on any atom is -0.459 e. The van der Waals surface area contributed by atoms with E-state index in [1.54, 1.807) is 0 Å². The van der Waals surface area contributed by atoms with Gasteiger partial charge >= 0.3 is 61.6 Å². The first-order valence-corrected chi connectivity index (χ1v) is 15.5. The number of carbonyl (C=O) groups is 1. The third-order valence-electron chi connectivity index (χ3n) is 9.10. The molecular formula is C30H21F27O6. The lowest BCUT2D eigenvalue weighted by molar-refractivity contribution is -0.405. The van der Waals surface area contributed by atoms with Gasteiger partial charge in [0.05, 0.1) is 0 Å². The Kier molecular flexibility index (Phi) is 15.3. The van der Waals surface area contributed by atoms with E-state index in [4.69, 9.17) is 0 Å². The summed E-state index contributed by atoms with van der Waals surface area (Å²) in [5.41, 5.74) is -32.0. The largest absolute Gasteiger partial charge is 0.459 e. The lowest BCUT2D eigenvalue weighted by Gasteiger charge is -2.48. The van der Waals surface area contributed by atoms with E-state index in [0.29, 0.717) is 6.08 Å². The van der Waals surface area contributed by atoms with Crippen molar-refractivity contribution in [3.8, 4) is 0 Å². The van der Waals surface area contributed by atoms with Crippen molar-refractivity contribution in [1.29, 1.82) is 0 Å². The number of halogens is 27. The summed E-state index contributed by atoms with van der Waals surface area (Å²) in [4.78, 5) is 11.5. The van der Waals surface area contributed by atoms with Crippen molar-refractivity contribution < 1.29 is 148 Å². The summed E-state index contributed by atoms with van der Waals surface area (Å²) in [6.07, 6.45) is -68.0. The molecule has 2 rings (SSSR count). The fraction of sp³-hybridized carbons (Fsp3) is 0.633.